The Morgan fingerprint density at radius 3 is 2.89 bits per heavy atom. The molecule has 0 radical (unpaired) electrons. The maximum absolute atomic E-state index is 10.7. The molecule has 0 aromatic carbocycles. The van der Waals surface area contributed by atoms with Crippen LogP contribution in [-0.4, -0.2) is 22.7 Å². The molecule has 18 heavy (non-hydrogen) atoms. The summed E-state index contributed by atoms with van der Waals surface area (Å²) in [5.74, 6) is 0.337. The Hall–Kier alpha value is -2.08. The highest BCUT2D eigenvalue weighted by atomic mass is 32.1. The fraction of sp³-hybridized carbons (Fsp3) is 0.167. The summed E-state index contributed by atoms with van der Waals surface area (Å²) in [5, 5.41) is 10.4. The quantitative estimate of drug-likeness (QED) is 0.899. The van der Waals surface area contributed by atoms with Crippen molar-refractivity contribution in [3.8, 4) is 17.5 Å². The summed E-state index contributed by atoms with van der Waals surface area (Å²) < 4.78 is 10.7. The topological polar surface area (TPSA) is 68.7 Å². The van der Waals surface area contributed by atoms with Gasteiger partial charge in [0.15, 0.2) is 0 Å². The maximum Gasteiger partial charge on any atom is 0.346 e. The predicted octanol–water partition coefficient (Wildman–Crippen LogP) is 3.03. The summed E-state index contributed by atoms with van der Waals surface area (Å²) in [7, 11) is 0. The van der Waals surface area contributed by atoms with Crippen LogP contribution in [0.15, 0.2) is 29.6 Å². The third kappa shape index (κ3) is 2.98. The first-order valence-corrected chi connectivity index (χ1v) is 6.16. The molecule has 0 spiro atoms. The fourth-order valence-electron chi connectivity index (χ4n) is 1.29. The molecule has 0 amide bonds. The molecule has 0 bridgehead atoms. The molecule has 2 aromatic rings. The van der Waals surface area contributed by atoms with Crippen molar-refractivity contribution >= 4 is 17.3 Å². The van der Waals surface area contributed by atoms with E-state index in [4.69, 9.17) is 14.6 Å². The van der Waals surface area contributed by atoms with Crippen LogP contribution < -0.4 is 9.47 Å². The van der Waals surface area contributed by atoms with Crippen LogP contribution in [0.2, 0.25) is 0 Å². The first-order valence-electron chi connectivity index (χ1n) is 5.28. The van der Waals surface area contributed by atoms with Crippen LogP contribution in [0.5, 0.6) is 17.5 Å². The van der Waals surface area contributed by atoms with E-state index < -0.39 is 5.97 Å². The van der Waals surface area contributed by atoms with Crippen LogP contribution >= 0.6 is 11.3 Å². The normalized spacial score (nSPS) is 10.1. The molecular weight excluding hydrogens is 254 g/mol. The molecule has 0 fully saturated rings. The lowest BCUT2D eigenvalue weighted by molar-refractivity contribution is 0.0702. The minimum absolute atomic E-state index is 0.228. The van der Waals surface area contributed by atoms with Gasteiger partial charge in [0, 0.05) is 23.6 Å². The number of hydrogen-bond donors (Lipinski definition) is 1. The van der Waals surface area contributed by atoms with E-state index in [-0.39, 0.29) is 4.88 Å². The highest BCUT2D eigenvalue weighted by molar-refractivity contribution is 7.12. The van der Waals surface area contributed by atoms with Gasteiger partial charge in [-0.15, -0.1) is 11.3 Å². The average Bonchev–Trinajstić information content (AvgIpc) is 2.78. The Balaban J connectivity index is 2.12. The zero-order chi connectivity index (χ0) is 13.0. The number of carbonyl (C=O) groups is 1. The predicted molar refractivity (Wildman–Crippen MR) is 66.8 cm³/mol. The molecule has 0 saturated heterocycles. The number of rotatable bonds is 5. The number of aromatic nitrogens is 1. The van der Waals surface area contributed by atoms with Gasteiger partial charge in [0.05, 0.1) is 6.61 Å². The SMILES string of the molecule is CCOc1cccc(Oc2csc(C(=O)O)c2)n1. The van der Waals surface area contributed by atoms with E-state index in [0.717, 1.165) is 11.3 Å². The van der Waals surface area contributed by atoms with Crippen LogP contribution in [-0.2, 0) is 0 Å². The fourth-order valence-corrected chi connectivity index (χ4v) is 1.93. The Bertz CT molecular complexity index is 553. The maximum atomic E-state index is 10.7. The second kappa shape index (κ2) is 5.50. The molecule has 0 aliphatic heterocycles. The van der Waals surface area contributed by atoms with Gasteiger partial charge in [-0.2, -0.15) is 4.98 Å². The number of carboxylic acids is 1. The molecular formula is C12H11NO4S. The van der Waals surface area contributed by atoms with Crippen molar-refractivity contribution in [2.24, 2.45) is 0 Å². The zero-order valence-corrected chi connectivity index (χ0v) is 10.4. The molecule has 0 atom stereocenters. The molecule has 0 aliphatic carbocycles. The van der Waals surface area contributed by atoms with E-state index >= 15 is 0 Å². The Labute approximate surface area is 108 Å². The van der Waals surface area contributed by atoms with Crippen molar-refractivity contribution in [1.29, 1.82) is 0 Å². The molecule has 94 valence electrons. The van der Waals surface area contributed by atoms with E-state index in [2.05, 4.69) is 4.98 Å². The van der Waals surface area contributed by atoms with Crippen molar-refractivity contribution in [3.63, 3.8) is 0 Å². The highest BCUT2D eigenvalue weighted by Crippen LogP contribution is 2.26. The van der Waals surface area contributed by atoms with E-state index in [0.29, 0.717) is 24.1 Å². The summed E-state index contributed by atoms with van der Waals surface area (Å²) >= 11 is 1.11. The molecule has 0 unspecified atom stereocenters. The van der Waals surface area contributed by atoms with Crippen molar-refractivity contribution < 1.29 is 19.4 Å². The van der Waals surface area contributed by atoms with Crippen LogP contribution in [0.4, 0.5) is 0 Å². The van der Waals surface area contributed by atoms with Gasteiger partial charge < -0.3 is 14.6 Å². The van der Waals surface area contributed by atoms with E-state index in [1.807, 2.05) is 6.92 Å². The van der Waals surface area contributed by atoms with Gasteiger partial charge in [-0.25, -0.2) is 4.79 Å². The summed E-state index contributed by atoms with van der Waals surface area (Å²) in [4.78, 5) is 15.1. The monoisotopic (exact) mass is 265 g/mol. The lowest BCUT2D eigenvalue weighted by atomic mass is 10.4. The molecule has 1 N–H and O–H groups in total. The Kier molecular flexibility index (Phi) is 3.78. The molecule has 2 aromatic heterocycles. The molecule has 0 saturated carbocycles. The van der Waals surface area contributed by atoms with Gasteiger partial charge in [0.1, 0.15) is 10.6 Å². The molecule has 0 aliphatic rings. The van der Waals surface area contributed by atoms with Crippen molar-refractivity contribution in [2.45, 2.75) is 6.92 Å². The first-order chi connectivity index (χ1) is 8.69. The average molecular weight is 265 g/mol. The minimum atomic E-state index is -0.967. The summed E-state index contributed by atoms with van der Waals surface area (Å²) in [6.07, 6.45) is 0. The van der Waals surface area contributed by atoms with Crippen LogP contribution in [0.25, 0.3) is 0 Å². The van der Waals surface area contributed by atoms with Crippen LogP contribution in [0, 0.1) is 0 Å². The second-order valence-electron chi connectivity index (χ2n) is 3.30. The number of thiophene rings is 1. The minimum Gasteiger partial charge on any atom is -0.478 e. The van der Waals surface area contributed by atoms with Gasteiger partial charge in [0.25, 0.3) is 0 Å². The summed E-state index contributed by atoms with van der Waals surface area (Å²) in [6, 6.07) is 6.63. The third-order valence-corrected chi connectivity index (χ3v) is 2.90. The lowest BCUT2D eigenvalue weighted by Gasteiger charge is -2.05. The number of hydrogen-bond acceptors (Lipinski definition) is 5. The lowest BCUT2D eigenvalue weighted by Crippen LogP contribution is -1.95. The highest BCUT2D eigenvalue weighted by Gasteiger charge is 2.09. The van der Waals surface area contributed by atoms with Gasteiger partial charge in [0.2, 0.25) is 11.8 Å². The molecule has 2 heterocycles. The summed E-state index contributed by atoms with van der Waals surface area (Å²) in [5.41, 5.74) is 0. The Morgan fingerprint density at radius 1 is 1.44 bits per heavy atom. The van der Waals surface area contributed by atoms with Gasteiger partial charge in [-0.1, -0.05) is 6.07 Å². The largest absolute Gasteiger partial charge is 0.478 e. The number of pyridine rings is 1. The van der Waals surface area contributed by atoms with Crippen molar-refractivity contribution in [3.05, 3.63) is 34.5 Å². The number of ether oxygens (including phenoxy) is 2. The van der Waals surface area contributed by atoms with Gasteiger partial charge >= 0.3 is 5.97 Å². The van der Waals surface area contributed by atoms with Crippen molar-refractivity contribution in [1.82, 2.24) is 4.98 Å². The standard InChI is InChI=1S/C12H11NO4S/c1-2-16-10-4-3-5-11(13-10)17-8-6-9(12(14)15)18-7-8/h3-7H,2H2,1H3,(H,14,15). The zero-order valence-electron chi connectivity index (χ0n) is 9.62. The van der Waals surface area contributed by atoms with Gasteiger partial charge in [-0.3, -0.25) is 0 Å². The number of aromatic carboxylic acids is 1. The van der Waals surface area contributed by atoms with Crippen LogP contribution in [0.1, 0.15) is 16.6 Å². The molecule has 2 rings (SSSR count). The van der Waals surface area contributed by atoms with Gasteiger partial charge in [-0.05, 0) is 6.92 Å². The second-order valence-corrected chi connectivity index (χ2v) is 4.21. The van der Waals surface area contributed by atoms with E-state index in [9.17, 15) is 4.79 Å². The van der Waals surface area contributed by atoms with E-state index in [1.165, 1.54) is 6.07 Å². The molecule has 6 heteroatoms. The van der Waals surface area contributed by atoms with Crippen molar-refractivity contribution in [2.75, 3.05) is 6.61 Å². The Morgan fingerprint density at radius 2 is 2.22 bits per heavy atom. The number of carboxylic acid groups (broad SMARTS) is 1. The smallest absolute Gasteiger partial charge is 0.346 e. The number of nitrogens with zero attached hydrogens (tertiary/aromatic N) is 1. The van der Waals surface area contributed by atoms with E-state index in [1.54, 1.807) is 23.6 Å². The third-order valence-electron chi connectivity index (χ3n) is 2.00. The summed E-state index contributed by atoms with van der Waals surface area (Å²) in [6.45, 7) is 2.39. The van der Waals surface area contributed by atoms with Crippen LogP contribution in [0.3, 0.4) is 0 Å². The molecule has 5 nitrogen and oxygen atoms in total. The first kappa shape index (κ1) is 12.4.